The molecule has 0 atom stereocenters. The second kappa shape index (κ2) is 4.89. The van der Waals surface area contributed by atoms with Crippen molar-refractivity contribution in [3.05, 3.63) is 41.8 Å². The topological polar surface area (TPSA) is 51.8 Å². The first-order valence-electron chi connectivity index (χ1n) is 4.65. The molecule has 0 spiro atoms. The van der Waals surface area contributed by atoms with Crippen LogP contribution < -0.4 is 0 Å². The SMILES string of the molecule is ClCCc1nc(Cc2cccnc2)no1. The third kappa shape index (κ3) is 2.76. The summed E-state index contributed by atoms with van der Waals surface area (Å²) in [5.74, 6) is 1.75. The van der Waals surface area contributed by atoms with Gasteiger partial charge in [0.1, 0.15) is 0 Å². The van der Waals surface area contributed by atoms with Gasteiger partial charge in [-0.15, -0.1) is 11.6 Å². The average molecular weight is 224 g/mol. The summed E-state index contributed by atoms with van der Waals surface area (Å²) in [6, 6.07) is 3.86. The molecule has 0 fully saturated rings. The normalized spacial score (nSPS) is 10.5. The van der Waals surface area contributed by atoms with E-state index in [0.29, 0.717) is 30.4 Å². The van der Waals surface area contributed by atoms with Crippen LogP contribution in [0.2, 0.25) is 0 Å². The van der Waals surface area contributed by atoms with Gasteiger partial charge in [-0.05, 0) is 11.6 Å². The lowest BCUT2D eigenvalue weighted by molar-refractivity contribution is 0.378. The molecule has 0 unspecified atom stereocenters. The smallest absolute Gasteiger partial charge is 0.227 e. The van der Waals surface area contributed by atoms with Gasteiger partial charge in [-0.1, -0.05) is 11.2 Å². The Kier molecular flexibility index (Phi) is 3.29. The molecule has 2 aromatic heterocycles. The fourth-order valence-electron chi connectivity index (χ4n) is 1.23. The predicted octanol–water partition coefficient (Wildman–Crippen LogP) is 1.84. The lowest BCUT2D eigenvalue weighted by Crippen LogP contribution is -1.92. The summed E-state index contributed by atoms with van der Waals surface area (Å²) in [5, 5.41) is 3.86. The number of rotatable bonds is 4. The average Bonchev–Trinajstić information content (AvgIpc) is 2.68. The number of aromatic nitrogens is 3. The molecule has 2 heterocycles. The highest BCUT2D eigenvalue weighted by molar-refractivity contribution is 6.17. The van der Waals surface area contributed by atoms with Gasteiger partial charge >= 0.3 is 0 Å². The van der Waals surface area contributed by atoms with Crippen molar-refractivity contribution in [1.82, 2.24) is 15.1 Å². The Labute approximate surface area is 92.3 Å². The molecule has 0 amide bonds. The van der Waals surface area contributed by atoms with Crippen molar-refractivity contribution >= 4 is 11.6 Å². The van der Waals surface area contributed by atoms with E-state index in [2.05, 4.69) is 15.1 Å². The van der Waals surface area contributed by atoms with Crippen LogP contribution >= 0.6 is 11.6 Å². The molecule has 0 bridgehead atoms. The van der Waals surface area contributed by atoms with E-state index in [4.69, 9.17) is 16.1 Å². The monoisotopic (exact) mass is 223 g/mol. The molecule has 5 heteroatoms. The molecule has 0 radical (unpaired) electrons. The summed E-state index contributed by atoms with van der Waals surface area (Å²) < 4.78 is 5.01. The van der Waals surface area contributed by atoms with Crippen molar-refractivity contribution < 1.29 is 4.52 Å². The van der Waals surface area contributed by atoms with Crippen molar-refractivity contribution in [3.8, 4) is 0 Å². The molecule has 0 N–H and O–H groups in total. The molecule has 2 aromatic rings. The largest absolute Gasteiger partial charge is 0.339 e. The molecule has 0 aromatic carbocycles. The van der Waals surface area contributed by atoms with Crippen molar-refractivity contribution in [1.29, 1.82) is 0 Å². The van der Waals surface area contributed by atoms with Gasteiger partial charge in [-0.3, -0.25) is 4.98 Å². The van der Waals surface area contributed by atoms with Gasteiger partial charge in [0.05, 0.1) is 0 Å². The Bertz CT molecular complexity index is 416. The van der Waals surface area contributed by atoms with E-state index in [-0.39, 0.29) is 0 Å². The summed E-state index contributed by atoms with van der Waals surface area (Å²) >= 11 is 5.57. The van der Waals surface area contributed by atoms with Crippen molar-refractivity contribution in [2.75, 3.05) is 5.88 Å². The van der Waals surface area contributed by atoms with Crippen molar-refractivity contribution in [2.24, 2.45) is 0 Å². The number of hydrogen-bond donors (Lipinski definition) is 0. The van der Waals surface area contributed by atoms with Gasteiger partial charge < -0.3 is 4.52 Å². The maximum atomic E-state index is 5.57. The van der Waals surface area contributed by atoms with Crippen LogP contribution in [-0.2, 0) is 12.8 Å². The number of aryl methyl sites for hydroxylation is 1. The van der Waals surface area contributed by atoms with Crippen LogP contribution in [-0.4, -0.2) is 21.0 Å². The molecular formula is C10H10ClN3O. The first-order chi connectivity index (χ1) is 7.38. The number of nitrogens with zero attached hydrogens (tertiary/aromatic N) is 3. The van der Waals surface area contributed by atoms with Gasteiger partial charge in [0, 0.05) is 31.1 Å². The predicted molar refractivity (Wildman–Crippen MR) is 55.8 cm³/mol. The number of halogens is 1. The van der Waals surface area contributed by atoms with Gasteiger partial charge in [0.25, 0.3) is 0 Å². The Morgan fingerprint density at radius 3 is 3.07 bits per heavy atom. The van der Waals surface area contributed by atoms with Gasteiger partial charge in [0.15, 0.2) is 5.82 Å². The molecule has 0 aliphatic rings. The Hall–Kier alpha value is -1.42. The van der Waals surface area contributed by atoms with Crippen LogP contribution in [0.5, 0.6) is 0 Å². The molecule has 2 rings (SSSR count). The van der Waals surface area contributed by atoms with Crippen LogP contribution in [0, 0.1) is 0 Å². The fourth-order valence-corrected chi connectivity index (χ4v) is 1.39. The number of alkyl halides is 1. The summed E-state index contributed by atoms with van der Waals surface area (Å²) in [6.07, 6.45) is 4.78. The van der Waals surface area contributed by atoms with E-state index in [1.54, 1.807) is 12.4 Å². The Morgan fingerprint density at radius 1 is 1.40 bits per heavy atom. The van der Waals surface area contributed by atoms with Crippen molar-refractivity contribution in [2.45, 2.75) is 12.8 Å². The second-order valence-electron chi connectivity index (χ2n) is 3.08. The van der Waals surface area contributed by atoms with Gasteiger partial charge in [-0.25, -0.2) is 0 Å². The third-order valence-electron chi connectivity index (χ3n) is 1.90. The third-order valence-corrected chi connectivity index (χ3v) is 2.09. The zero-order chi connectivity index (χ0) is 10.5. The second-order valence-corrected chi connectivity index (χ2v) is 3.46. The zero-order valence-corrected chi connectivity index (χ0v) is 8.81. The summed E-state index contributed by atoms with van der Waals surface area (Å²) in [6.45, 7) is 0. The van der Waals surface area contributed by atoms with Crippen LogP contribution in [0.15, 0.2) is 29.0 Å². The lowest BCUT2D eigenvalue weighted by atomic mass is 10.2. The first-order valence-corrected chi connectivity index (χ1v) is 5.18. The summed E-state index contributed by atoms with van der Waals surface area (Å²) in [7, 11) is 0. The minimum absolute atomic E-state index is 0.495. The minimum Gasteiger partial charge on any atom is -0.339 e. The summed E-state index contributed by atoms with van der Waals surface area (Å²) in [5.41, 5.74) is 1.07. The fraction of sp³-hybridized carbons (Fsp3) is 0.300. The number of pyridine rings is 1. The van der Waals surface area contributed by atoms with E-state index in [0.717, 1.165) is 5.56 Å². The highest BCUT2D eigenvalue weighted by Gasteiger charge is 2.06. The van der Waals surface area contributed by atoms with Gasteiger partial charge in [0.2, 0.25) is 5.89 Å². The quantitative estimate of drug-likeness (QED) is 0.743. The first kappa shape index (κ1) is 10.1. The zero-order valence-electron chi connectivity index (χ0n) is 8.06. The van der Waals surface area contributed by atoms with Crippen molar-refractivity contribution in [3.63, 3.8) is 0 Å². The lowest BCUT2D eigenvalue weighted by Gasteiger charge is -1.93. The molecule has 4 nitrogen and oxygen atoms in total. The van der Waals surface area contributed by atoms with Crippen LogP contribution in [0.4, 0.5) is 0 Å². The van der Waals surface area contributed by atoms with E-state index in [1.807, 2.05) is 12.1 Å². The van der Waals surface area contributed by atoms with Gasteiger partial charge in [-0.2, -0.15) is 4.98 Å². The highest BCUT2D eigenvalue weighted by atomic mass is 35.5. The minimum atomic E-state index is 0.495. The molecule has 0 saturated carbocycles. The Balaban J connectivity index is 2.05. The highest BCUT2D eigenvalue weighted by Crippen LogP contribution is 2.05. The maximum absolute atomic E-state index is 5.57. The standard InChI is InChI=1S/C10H10ClN3O/c11-4-3-10-13-9(14-15-10)6-8-2-1-5-12-7-8/h1-2,5,7H,3-4,6H2. The molecule has 0 saturated heterocycles. The molecule has 0 aliphatic carbocycles. The molecule has 15 heavy (non-hydrogen) atoms. The molecular weight excluding hydrogens is 214 g/mol. The van der Waals surface area contributed by atoms with Crippen LogP contribution in [0.1, 0.15) is 17.3 Å². The van der Waals surface area contributed by atoms with Crippen LogP contribution in [0.3, 0.4) is 0 Å². The molecule has 78 valence electrons. The van der Waals surface area contributed by atoms with E-state index in [1.165, 1.54) is 0 Å². The molecule has 0 aliphatic heterocycles. The van der Waals surface area contributed by atoms with E-state index in [9.17, 15) is 0 Å². The Morgan fingerprint density at radius 2 is 2.33 bits per heavy atom. The van der Waals surface area contributed by atoms with E-state index >= 15 is 0 Å². The summed E-state index contributed by atoms with van der Waals surface area (Å²) in [4.78, 5) is 8.22. The van der Waals surface area contributed by atoms with Crippen LogP contribution in [0.25, 0.3) is 0 Å². The maximum Gasteiger partial charge on any atom is 0.227 e. The van der Waals surface area contributed by atoms with E-state index < -0.39 is 0 Å². The number of hydrogen-bond acceptors (Lipinski definition) is 4.